The second-order valence-corrected chi connectivity index (χ2v) is 5.49. The lowest BCUT2D eigenvalue weighted by atomic mass is 10.1. The highest BCUT2D eigenvalue weighted by atomic mass is 35.5. The summed E-state index contributed by atoms with van der Waals surface area (Å²) in [5.41, 5.74) is -0.795. The van der Waals surface area contributed by atoms with E-state index >= 15 is 0 Å². The zero-order chi connectivity index (χ0) is 15.5. The van der Waals surface area contributed by atoms with Crippen molar-refractivity contribution in [2.45, 2.75) is 26.3 Å². The lowest BCUT2D eigenvalue weighted by Gasteiger charge is -2.19. The molecular formula is C12H14ClN3O4. The minimum atomic E-state index is -0.942. The third kappa shape index (κ3) is 4.51. The summed E-state index contributed by atoms with van der Waals surface area (Å²) in [6.45, 7) is 5.16. The van der Waals surface area contributed by atoms with E-state index in [1.807, 2.05) is 0 Å². The van der Waals surface area contributed by atoms with Crippen LogP contribution in [-0.4, -0.2) is 22.3 Å². The largest absolute Gasteiger partial charge is 0.343 e. The van der Waals surface area contributed by atoms with Gasteiger partial charge < -0.3 is 10.6 Å². The van der Waals surface area contributed by atoms with E-state index in [4.69, 9.17) is 11.6 Å². The van der Waals surface area contributed by atoms with E-state index < -0.39 is 22.3 Å². The minimum absolute atomic E-state index is 0.00919. The summed E-state index contributed by atoms with van der Waals surface area (Å²) in [6, 6.07) is 3.56. The monoisotopic (exact) mass is 299 g/mol. The number of nitro benzene ring substituents is 1. The standard InChI is InChI=1S/C12H14ClN3O4/c1-12(2,3)15-11(18)10(17)14-9-6-7(16(19)20)4-5-8(9)13/h4-6H,1-3H3,(H,14,17)(H,15,18). The number of non-ortho nitro benzene ring substituents is 1. The number of nitrogens with one attached hydrogen (secondary N) is 2. The molecule has 0 unspecified atom stereocenters. The summed E-state index contributed by atoms with van der Waals surface area (Å²) in [7, 11) is 0. The van der Waals surface area contributed by atoms with E-state index in [0.29, 0.717) is 0 Å². The fraction of sp³-hybridized carbons (Fsp3) is 0.333. The number of nitrogens with zero attached hydrogens (tertiary/aromatic N) is 1. The van der Waals surface area contributed by atoms with Crippen LogP contribution in [0.3, 0.4) is 0 Å². The third-order valence-corrected chi connectivity index (χ3v) is 2.43. The number of benzene rings is 1. The smallest absolute Gasteiger partial charge is 0.313 e. The molecule has 1 aromatic rings. The van der Waals surface area contributed by atoms with Crippen LogP contribution in [0.25, 0.3) is 0 Å². The predicted molar refractivity (Wildman–Crippen MR) is 74.6 cm³/mol. The maximum atomic E-state index is 11.7. The number of rotatable bonds is 2. The van der Waals surface area contributed by atoms with Gasteiger partial charge in [0.15, 0.2) is 0 Å². The maximum Gasteiger partial charge on any atom is 0.313 e. The molecule has 0 bridgehead atoms. The van der Waals surface area contributed by atoms with E-state index in [1.54, 1.807) is 20.8 Å². The van der Waals surface area contributed by atoms with Crippen LogP contribution in [0.4, 0.5) is 11.4 Å². The Balaban J connectivity index is 2.88. The second kappa shape index (κ2) is 5.87. The van der Waals surface area contributed by atoms with Gasteiger partial charge in [0.25, 0.3) is 5.69 Å². The number of halogens is 1. The molecule has 2 N–H and O–H groups in total. The molecular weight excluding hydrogens is 286 g/mol. The van der Waals surface area contributed by atoms with Crippen molar-refractivity contribution in [3.8, 4) is 0 Å². The number of hydrogen-bond acceptors (Lipinski definition) is 4. The van der Waals surface area contributed by atoms with E-state index in [9.17, 15) is 19.7 Å². The van der Waals surface area contributed by atoms with Crippen molar-refractivity contribution in [1.29, 1.82) is 0 Å². The van der Waals surface area contributed by atoms with Crippen LogP contribution < -0.4 is 10.6 Å². The van der Waals surface area contributed by atoms with Gasteiger partial charge >= 0.3 is 11.8 Å². The van der Waals surface area contributed by atoms with Crippen molar-refractivity contribution >= 4 is 34.8 Å². The summed E-state index contributed by atoms with van der Waals surface area (Å²) in [5, 5.41) is 15.5. The van der Waals surface area contributed by atoms with Gasteiger partial charge in [0.05, 0.1) is 15.6 Å². The van der Waals surface area contributed by atoms with Crippen molar-refractivity contribution in [3.05, 3.63) is 33.3 Å². The first-order chi connectivity index (χ1) is 9.10. The Morgan fingerprint density at radius 3 is 2.35 bits per heavy atom. The van der Waals surface area contributed by atoms with Gasteiger partial charge in [-0.2, -0.15) is 0 Å². The lowest BCUT2D eigenvalue weighted by Crippen LogP contribution is -2.46. The van der Waals surface area contributed by atoms with Crippen molar-refractivity contribution in [2.75, 3.05) is 5.32 Å². The zero-order valence-electron chi connectivity index (χ0n) is 11.2. The molecule has 108 valence electrons. The molecule has 0 aliphatic carbocycles. The van der Waals surface area contributed by atoms with Gasteiger partial charge in [0, 0.05) is 17.7 Å². The molecule has 0 atom stereocenters. The summed E-state index contributed by atoms with van der Waals surface area (Å²) in [5.74, 6) is -1.79. The van der Waals surface area contributed by atoms with Crippen LogP contribution in [0.5, 0.6) is 0 Å². The number of hydrogen-bond donors (Lipinski definition) is 2. The molecule has 0 aliphatic rings. The number of anilines is 1. The van der Waals surface area contributed by atoms with Gasteiger partial charge in [-0.15, -0.1) is 0 Å². The number of carbonyl (C=O) groups is 2. The summed E-state index contributed by atoms with van der Waals surface area (Å²) < 4.78 is 0. The number of carbonyl (C=O) groups excluding carboxylic acids is 2. The molecule has 0 saturated carbocycles. The van der Waals surface area contributed by atoms with Gasteiger partial charge in [-0.3, -0.25) is 19.7 Å². The van der Waals surface area contributed by atoms with Crippen LogP contribution in [-0.2, 0) is 9.59 Å². The fourth-order valence-corrected chi connectivity index (χ4v) is 1.46. The molecule has 1 aromatic carbocycles. The molecule has 0 fully saturated rings. The Hall–Kier alpha value is -2.15. The minimum Gasteiger partial charge on any atom is -0.343 e. The third-order valence-electron chi connectivity index (χ3n) is 2.10. The van der Waals surface area contributed by atoms with Crippen molar-refractivity contribution < 1.29 is 14.5 Å². The molecule has 0 heterocycles. The van der Waals surface area contributed by atoms with Crippen LogP contribution in [0.1, 0.15) is 20.8 Å². The summed E-state index contributed by atoms with van der Waals surface area (Å²) >= 11 is 5.81. The van der Waals surface area contributed by atoms with Gasteiger partial charge in [-0.05, 0) is 26.8 Å². The first-order valence-corrected chi connectivity index (χ1v) is 6.05. The molecule has 7 nitrogen and oxygen atoms in total. The highest BCUT2D eigenvalue weighted by molar-refractivity contribution is 6.41. The Bertz CT molecular complexity index is 566. The molecule has 0 aliphatic heterocycles. The molecule has 20 heavy (non-hydrogen) atoms. The van der Waals surface area contributed by atoms with E-state index in [0.717, 1.165) is 6.07 Å². The van der Waals surface area contributed by atoms with Crippen LogP contribution in [0.2, 0.25) is 5.02 Å². The van der Waals surface area contributed by atoms with Crippen LogP contribution in [0.15, 0.2) is 18.2 Å². The Labute approximate surface area is 120 Å². The van der Waals surface area contributed by atoms with Crippen molar-refractivity contribution in [3.63, 3.8) is 0 Å². The number of amides is 2. The molecule has 1 rings (SSSR count). The van der Waals surface area contributed by atoms with E-state index in [1.165, 1.54) is 12.1 Å². The SMILES string of the molecule is CC(C)(C)NC(=O)C(=O)Nc1cc([N+](=O)[O-])ccc1Cl. The van der Waals surface area contributed by atoms with Gasteiger partial charge in [-0.1, -0.05) is 11.6 Å². The Morgan fingerprint density at radius 1 is 1.25 bits per heavy atom. The average molecular weight is 300 g/mol. The quantitative estimate of drug-likeness (QED) is 0.496. The molecule has 0 spiro atoms. The predicted octanol–water partition coefficient (Wildman–Crippen LogP) is 2.10. The summed E-state index contributed by atoms with van der Waals surface area (Å²) in [4.78, 5) is 33.3. The Kier molecular flexibility index (Phi) is 4.67. The molecule has 2 amide bonds. The van der Waals surface area contributed by atoms with Crippen molar-refractivity contribution in [1.82, 2.24) is 5.32 Å². The topological polar surface area (TPSA) is 101 Å². The second-order valence-electron chi connectivity index (χ2n) is 5.08. The van der Waals surface area contributed by atoms with Crippen LogP contribution >= 0.6 is 11.6 Å². The lowest BCUT2D eigenvalue weighted by molar-refractivity contribution is -0.384. The molecule has 0 aromatic heterocycles. The normalized spacial score (nSPS) is 10.8. The zero-order valence-corrected chi connectivity index (χ0v) is 11.9. The first kappa shape index (κ1) is 15.9. The maximum absolute atomic E-state index is 11.7. The van der Waals surface area contributed by atoms with E-state index in [2.05, 4.69) is 10.6 Å². The molecule has 0 saturated heterocycles. The summed E-state index contributed by atoms with van der Waals surface area (Å²) in [6.07, 6.45) is 0. The average Bonchev–Trinajstić information content (AvgIpc) is 2.29. The highest BCUT2D eigenvalue weighted by Gasteiger charge is 2.21. The van der Waals surface area contributed by atoms with Crippen LogP contribution in [0, 0.1) is 10.1 Å². The fourth-order valence-electron chi connectivity index (χ4n) is 1.30. The molecule has 8 heteroatoms. The van der Waals surface area contributed by atoms with E-state index in [-0.39, 0.29) is 16.4 Å². The first-order valence-electron chi connectivity index (χ1n) is 5.67. The van der Waals surface area contributed by atoms with Crippen molar-refractivity contribution in [2.24, 2.45) is 0 Å². The Morgan fingerprint density at radius 2 is 1.85 bits per heavy atom. The number of nitro groups is 1. The molecule has 0 radical (unpaired) electrons. The highest BCUT2D eigenvalue weighted by Crippen LogP contribution is 2.26. The van der Waals surface area contributed by atoms with Gasteiger partial charge in [0.1, 0.15) is 0 Å². The van der Waals surface area contributed by atoms with Gasteiger partial charge in [-0.25, -0.2) is 0 Å². The van der Waals surface area contributed by atoms with Gasteiger partial charge in [0.2, 0.25) is 0 Å².